The van der Waals surface area contributed by atoms with E-state index in [1.165, 1.54) is 25.8 Å². The number of hydrogen-bond acceptors (Lipinski definition) is 3. The molecule has 1 heterocycles. The molecule has 1 rings (SSSR count). The summed E-state index contributed by atoms with van der Waals surface area (Å²) in [6.07, 6.45) is 3.96. The number of ether oxygens (including phenoxy) is 1. The maximum Gasteiger partial charge on any atom is 0.0620 e. The van der Waals surface area contributed by atoms with E-state index < -0.39 is 0 Å². The van der Waals surface area contributed by atoms with E-state index in [1.54, 1.807) is 0 Å². The van der Waals surface area contributed by atoms with Crippen LogP contribution in [0.3, 0.4) is 0 Å². The standard InChI is InChI=1S/C10H22N2O/c1-12(2)7-8-13-9-10-5-3-4-6-11-10/h10-11H,3-9H2,1-2H3. The molecule has 1 N–H and O–H groups in total. The number of hydrogen-bond donors (Lipinski definition) is 1. The van der Waals surface area contributed by atoms with Gasteiger partial charge >= 0.3 is 0 Å². The van der Waals surface area contributed by atoms with E-state index in [0.717, 1.165) is 19.8 Å². The summed E-state index contributed by atoms with van der Waals surface area (Å²) >= 11 is 0. The van der Waals surface area contributed by atoms with Gasteiger partial charge in [0.05, 0.1) is 13.2 Å². The third-order valence-corrected chi connectivity index (χ3v) is 2.41. The maximum absolute atomic E-state index is 5.58. The summed E-state index contributed by atoms with van der Waals surface area (Å²) in [5.41, 5.74) is 0. The van der Waals surface area contributed by atoms with Crippen molar-refractivity contribution >= 4 is 0 Å². The highest BCUT2D eigenvalue weighted by Crippen LogP contribution is 2.06. The van der Waals surface area contributed by atoms with E-state index in [4.69, 9.17) is 4.74 Å². The average Bonchev–Trinajstić information content (AvgIpc) is 2.14. The van der Waals surface area contributed by atoms with Crippen LogP contribution in [0.1, 0.15) is 19.3 Å². The van der Waals surface area contributed by atoms with Crippen LogP contribution in [0.15, 0.2) is 0 Å². The molecule has 0 aliphatic carbocycles. The van der Waals surface area contributed by atoms with Crippen LogP contribution >= 0.6 is 0 Å². The molecule has 1 unspecified atom stereocenters. The Hall–Kier alpha value is -0.120. The van der Waals surface area contributed by atoms with Crippen molar-refractivity contribution in [2.24, 2.45) is 0 Å². The molecule has 0 aromatic heterocycles. The first-order valence-corrected chi connectivity index (χ1v) is 5.25. The van der Waals surface area contributed by atoms with Gasteiger partial charge in [-0.1, -0.05) is 6.42 Å². The van der Waals surface area contributed by atoms with Crippen molar-refractivity contribution in [2.45, 2.75) is 25.3 Å². The SMILES string of the molecule is CN(C)CCOCC1CCCCN1. The Morgan fingerprint density at radius 1 is 1.38 bits per heavy atom. The number of rotatable bonds is 5. The predicted octanol–water partition coefficient (Wildman–Crippen LogP) is 0.707. The van der Waals surface area contributed by atoms with E-state index in [-0.39, 0.29) is 0 Å². The number of piperidine rings is 1. The molecule has 1 aliphatic heterocycles. The van der Waals surface area contributed by atoms with Crippen LogP contribution in [-0.4, -0.2) is 51.3 Å². The Bertz CT molecular complexity index is 122. The minimum Gasteiger partial charge on any atom is -0.379 e. The molecule has 13 heavy (non-hydrogen) atoms. The molecule has 1 saturated heterocycles. The van der Waals surface area contributed by atoms with Gasteiger partial charge in [0.2, 0.25) is 0 Å². The van der Waals surface area contributed by atoms with Gasteiger partial charge in [-0.2, -0.15) is 0 Å². The molecule has 1 fully saturated rings. The second kappa shape index (κ2) is 6.35. The molecule has 0 amide bonds. The third kappa shape index (κ3) is 5.24. The van der Waals surface area contributed by atoms with E-state index in [2.05, 4.69) is 24.3 Å². The monoisotopic (exact) mass is 186 g/mol. The fourth-order valence-corrected chi connectivity index (χ4v) is 1.54. The lowest BCUT2D eigenvalue weighted by atomic mass is 10.1. The van der Waals surface area contributed by atoms with Gasteiger partial charge in [0.15, 0.2) is 0 Å². The van der Waals surface area contributed by atoms with Crippen LogP contribution in [0, 0.1) is 0 Å². The highest BCUT2D eigenvalue weighted by atomic mass is 16.5. The zero-order chi connectivity index (χ0) is 9.52. The fourth-order valence-electron chi connectivity index (χ4n) is 1.54. The smallest absolute Gasteiger partial charge is 0.0620 e. The summed E-state index contributed by atoms with van der Waals surface area (Å²) in [5, 5.41) is 3.47. The molecule has 0 aromatic carbocycles. The molecular formula is C10H22N2O. The van der Waals surface area contributed by atoms with Gasteiger partial charge in [0.1, 0.15) is 0 Å². The normalized spacial score (nSPS) is 23.8. The van der Waals surface area contributed by atoms with E-state index in [9.17, 15) is 0 Å². The van der Waals surface area contributed by atoms with Gasteiger partial charge in [-0.25, -0.2) is 0 Å². The molecule has 3 heteroatoms. The van der Waals surface area contributed by atoms with Crippen molar-refractivity contribution in [2.75, 3.05) is 40.4 Å². The van der Waals surface area contributed by atoms with Crippen LogP contribution in [0.25, 0.3) is 0 Å². The van der Waals surface area contributed by atoms with Crippen LogP contribution in [0.4, 0.5) is 0 Å². The van der Waals surface area contributed by atoms with Gasteiger partial charge in [0.25, 0.3) is 0 Å². The minimum absolute atomic E-state index is 0.607. The largest absolute Gasteiger partial charge is 0.379 e. The van der Waals surface area contributed by atoms with Crippen molar-refractivity contribution in [1.82, 2.24) is 10.2 Å². The molecule has 78 valence electrons. The Balaban J connectivity index is 1.92. The van der Waals surface area contributed by atoms with Crippen molar-refractivity contribution in [1.29, 1.82) is 0 Å². The second-order valence-corrected chi connectivity index (χ2v) is 4.03. The molecule has 0 radical (unpaired) electrons. The van der Waals surface area contributed by atoms with Gasteiger partial charge < -0.3 is 15.0 Å². The first-order chi connectivity index (χ1) is 6.29. The summed E-state index contributed by atoms with van der Waals surface area (Å²) in [6.45, 7) is 3.92. The van der Waals surface area contributed by atoms with Crippen molar-refractivity contribution in [3.63, 3.8) is 0 Å². The summed E-state index contributed by atoms with van der Waals surface area (Å²) < 4.78 is 5.58. The Kier molecular flexibility index (Phi) is 5.35. The number of likely N-dealkylation sites (N-methyl/N-ethyl adjacent to an activating group) is 1. The summed E-state index contributed by atoms with van der Waals surface area (Å²) in [4.78, 5) is 2.15. The predicted molar refractivity (Wildman–Crippen MR) is 55.0 cm³/mol. The maximum atomic E-state index is 5.58. The van der Waals surface area contributed by atoms with Crippen LogP contribution in [0.2, 0.25) is 0 Å². The zero-order valence-electron chi connectivity index (χ0n) is 8.88. The highest BCUT2D eigenvalue weighted by Gasteiger charge is 2.11. The summed E-state index contributed by atoms with van der Waals surface area (Å²) in [7, 11) is 4.14. The molecule has 1 atom stereocenters. The lowest BCUT2D eigenvalue weighted by Gasteiger charge is -2.23. The Labute approximate surface area is 81.4 Å². The molecule has 0 saturated carbocycles. The average molecular weight is 186 g/mol. The number of nitrogens with one attached hydrogen (secondary N) is 1. The fraction of sp³-hybridized carbons (Fsp3) is 1.00. The van der Waals surface area contributed by atoms with Gasteiger partial charge in [-0.05, 0) is 33.5 Å². The van der Waals surface area contributed by atoms with E-state index >= 15 is 0 Å². The summed E-state index contributed by atoms with van der Waals surface area (Å²) in [5.74, 6) is 0. The van der Waals surface area contributed by atoms with E-state index in [1.807, 2.05) is 0 Å². The van der Waals surface area contributed by atoms with Crippen molar-refractivity contribution in [3.05, 3.63) is 0 Å². The van der Waals surface area contributed by atoms with Gasteiger partial charge in [-0.15, -0.1) is 0 Å². The molecule has 1 aliphatic rings. The first kappa shape index (κ1) is 11.0. The van der Waals surface area contributed by atoms with Crippen molar-refractivity contribution in [3.8, 4) is 0 Å². The van der Waals surface area contributed by atoms with E-state index in [0.29, 0.717) is 6.04 Å². The van der Waals surface area contributed by atoms with Crippen molar-refractivity contribution < 1.29 is 4.74 Å². The molecular weight excluding hydrogens is 164 g/mol. The lowest BCUT2D eigenvalue weighted by Crippen LogP contribution is -2.38. The topological polar surface area (TPSA) is 24.5 Å². The van der Waals surface area contributed by atoms with Gasteiger partial charge in [-0.3, -0.25) is 0 Å². The Morgan fingerprint density at radius 3 is 2.85 bits per heavy atom. The van der Waals surface area contributed by atoms with Crippen LogP contribution in [-0.2, 0) is 4.74 Å². The summed E-state index contributed by atoms with van der Waals surface area (Å²) in [6, 6.07) is 0.607. The molecule has 0 aromatic rings. The molecule has 3 nitrogen and oxygen atoms in total. The molecule has 0 bridgehead atoms. The van der Waals surface area contributed by atoms with Crippen LogP contribution < -0.4 is 5.32 Å². The quantitative estimate of drug-likeness (QED) is 0.640. The zero-order valence-corrected chi connectivity index (χ0v) is 8.88. The van der Waals surface area contributed by atoms with Crippen LogP contribution in [0.5, 0.6) is 0 Å². The first-order valence-electron chi connectivity index (χ1n) is 5.25. The lowest BCUT2D eigenvalue weighted by molar-refractivity contribution is 0.0910. The van der Waals surface area contributed by atoms with Gasteiger partial charge in [0, 0.05) is 12.6 Å². The Morgan fingerprint density at radius 2 is 2.23 bits per heavy atom. The third-order valence-electron chi connectivity index (χ3n) is 2.41. The number of nitrogens with zero attached hydrogens (tertiary/aromatic N) is 1. The molecule has 0 spiro atoms. The minimum atomic E-state index is 0.607. The highest BCUT2D eigenvalue weighted by molar-refractivity contribution is 4.71. The second-order valence-electron chi connectivity index (χ2n) is 4.03.